The lowest BCUT2D eigenvalue weighted by Crippen LogP contribution is -2.33. The van der Waals surface area contributed by atoms with Crippen LogP contribution in [-0.2, 0) is 16.0 Å². The van der Waals surface area contributed by atoms with E-state index >= 15 is 0 Å². The standard InChI is InChI=1S/C13H11Cl2NO3S2/c14-8-2-1-3-9(15)7(8)6-10-12(19)16(13(20)21-10)5-4-11(17)18/h1-3,10H,4-6H2,(H,17,18). The van der Waals surface area contributed by atoms with E-state index in [0.717, 1.165) is 0 Å². The Labute approximate surface area is 141 Å². The first kappa shape index (κ1) is 16.5. The molecule has 1 fully saturated rings. The molecule has 0 radical (unpaired) electrons. The van der Waals surface area contributed by atoms with Crippen LogP contribution in [-0.4, -0.2) is 38.0 Å². The van der Waals surface area contributed by atoms with Gasteiger partial charge in [-0.25, -0.2) is 0 Å². The molecule has 1 heterocycles. The van der Waals surface area contributed by atoms with E-state index in [1.165, 1.54) is 16.7 Å². The van der Waals surface area contributed by atoms with Crippen LogP contribution in [0.15, 0.2) is 18.2 Å². The molecule has 1 aromatic rings. The Balaban J connectivity index is 2.10. The molecule has 1 atom stereocenters. The Hall–Kier alpha value is -0.820. The smallest absolute Gasteiger partial charge is 0.305 e. The quantitative estimate of drug-likeness (QED) is 0.813. The number of hydrogen-bond donors (Lipinski definition) is 1. The maximum absolute atomic E-state index is 12.3. The van der Waals surface area contributed by atoms with E-state index in [2.05, 4.69) is 0 Å². The fourth-order valence-electron chi connectivity index (χ4n) is 1.95. The van der Waals surface area contributed by atoms with Gasteiger partial charge >= 0.3 is 5.97 Å². The third-order valence-electron chi connectivity index (χ3n) is 3.01. The van der Waals surface area contributed by atoms with Crippen molar-refractivity contribution in [1.82, 2.24) is 4.90 Å². The Kier molecular flexibility index (Phi) is 5.48. The molecule has 4 nitrogen and oxygen atoms in total. The number of thioether (sulfide) groups is 1. The van der Waals surface area contributed by atoms with Crippen LogP contribution >= 0.6 is 47.2 Å². The van der Waals surface area contributed by atoms with Gasteiger partial charge in [0.1, 0.15) is 4.32 Å². The highest BCUT2D eigenvalue weighted by Crippen LogP contribution is 2.34. The molecule has 2 rings (SSSR count). The summed E-state index contributed by atoms with van der Waals surface area (Å²) in [5.41, 5.74) is 0.703. The van der Waals surface area contributed by atoms with E-state index in [0.29, 0.717) is 26.4 Å². The number of carboxylic acids is 1. The number of benzene rings is 1. The zero-order chi connectivity index (χ0) is 15.6. The first-order valence-electron chi connectivity index (χ1n) is 6.07. The first-order chi connectivity index (χ1) is 9.90. The molecular weight excluding hydrogens is 353 g/mol. The second-order valence-corrected chi connectivity index (χ2v) is 7.06. The fourth-order valence-corrected chi connectivity index (χ4v) is 4.06. The Morgan fingerprint density at radius 2 is 2.00 bits per heavy atom. The van der Waals surface area contributed by atoms with Gasteiger partial charge in [0.25, 0.3) is 0 Å². The van der Waals surface area contributed by atoms with Crippen LogP contribution in [0.2, 0.25) is 10.0 Å². The number of carboxylic acid groups (broad SMARTS) is 1. The van der Waals surface area contributed by atoms with Crippen LogP contribution in [0.5, 0.6) is 0 Å². The lowest BCUT2D eigenvalue weighted by molar-refractivity contribution is -0.137. The van der Waals surface area contributed by atoms with E-state index in [4.69, 9.17) is 40.5 Å². The highest BCUT2D eigenvalue weighted by molar-refractivity contribution is 8.24. The van der Waals surface area contributed by atoms with Crippen molar-refractivity contribution in [3.8, 4) is 0 Å². The van der Waals surface area contributed by atoms with Crippen molar-refractivity contribution in [2.75, 3.05) is 6.54 Å². The van der Waals surface area contributed by atoms with Gasteiger partial charge in [-0.15, -0.1) is 0 Å². The molecule has 1 unspecified atom stereocenters. The minimum Gasteiger partial charge on any atom is -0.481 e. The third kappa shape index (κ3) is 3.88. The molecule has 1 amide bonds. The molecule has 21 heavy (non-hydrogen) atoms. The number of nitrogens with zero attached hydrogens (tertiary/aromatic N) is 1. The van der Waals surface area contributed by atoms with Gasteiger partial charge in [-0.05, 0) is 24.1 Å². The SMILES string of the molecule is O=C(O)CCN1C(=O)C(Cc2c(Cl)cccc2Cl)SC1=S. The van der Waals surface area contributed by atoms with Gasteiger partial charge in [0, 0.05) is 16.6 Å². The van der Waals surface area contributed by atoms with Crippen LogP contribution in [0, 0.1) is 0 Å². The average Bonchev–Trinajstić information content (AvgIpc) is 2.67. The summed E-state index contributed by atoms with van der Waals surface area (Å²) in [7, 11) is 0. The van der Waals surface area contributed by atoms with Gasteiger partial charge < -0.3 is 5.11 Å². The topological polar surface area (TPSA) is 57.6 Å². The second kappa shape index (κ2) is 6.96. The van der Waals surface area contributed by atoms with Crippen molar-refractivity contribution in [3.05, 3.63) is 33.8 Å². The Morgan fingerprint density at radius 1 is 1.38 bits per heavy atom. The first-order valence-corrected chi connectivity index (χ1v) is 8.11. The fraction of sp³-hybridized carbons (Fsp3) is 0.308. The number of thiocarbonyl (C=S) groups is 1. The average molecular weight is 364 g/mol. The minimum atomic E-state index is -0.965. The summed E-state index contributed by atoms with van der Waals surface area (Å²) >= 11 is 18.6. The molecule has 0 saturated carbocycles. The molecule has 1 saturated heterocycles. The largest absolute Gasteiger partial charge is 0.481 e. The zero-order valence-electron chi connectivity index (χ0n) is 10.7. The number of halogens is 2. The van der Waals surface area contributed by atoms with Crippen molar-refractivity contribution in [2.24, 2.45) is 0 Å². The van der Waals surface area contributed by atoms with E-state index in [1.54, 1.807) is 18.2 Å². The molecule has 112 valence electrons. The van der Waals surface area contributed by atoms with Crippen molar-refractivity contribution >= 4 is 63.4 Å². The lowest BCUT2D eigenvalue weighted by Gasteiger charge is -2.14. The molecule has 1 N–H and O–H groups in total. The van der Waals surface area contributed by atoms with E-state index < -0.39 is 11.2 Å². The molecule has 1 aliphatic heterocycles. The Morgan fingerprint density at radius 3 is 2.57 bits per heavy atom. The molecule has 8 heteroatoms. The highest BCUT2D eigenvalue weighted by atomic mass is 35.5. The van der Waals surface area contributed by atoms with Gasteiger partial charge in [-0.2, -0.15) is 0 Å². The molecule has 0 aromatic heterocycles. The van der Waals surface area contributed by atoms with Gasteiger partial charge in [0.2, 0.25) is 5.91 Å². The summed E-state index contributed by atoms with van der Waals surface area (Å²) in [6.07, 6.45) is 0.234. The van der Waals surface area contributed by atoms with Gasteiger partial charge in [-0.3, -0.25) is 14.5 Å². The Bertz CT molecular complexity index is 589. The summed E-state index contributed by atoms with van der Waals surface area (Å²) in [5, 5.41) is 9.29. The van der Waals surface area contributed by atoms with Gasteiger partial charge in [0.05, 0.1) is 11.7 Å². The van der Waals surface area contributed by atoms with Crippen molar-refractivity contribution in [2.45, 2.75) is 18.1 Å². The third-order valence-corrected chi connectivity index (χ3v) is 5.30. The number of carbonyl (C=O) groups excluding carboxylic acids is 1. The van der Waals surface area contributed by atoms with Gasteiger partial charge in [0.15, 0.2) is 0 Å². The van der Waals surface area contributed by atoms with Crippen molar-refractivity contribution in [1.29, 1.82) is 0 Å². The predicted molar refractivity (Wildman–Crippen MR) is 88.1 cm³/mol. The van der Waals surface area contributed by atoms with Crippen molar-refractivity contribution < 1.29 is 14.7 Å². The minimum absolute atomic E-state index is 0.0900. The van der Waals surface area contributed by atoms with Crippen LogP contribution in [0.1, 0.15) is 12.0 Å². The highest BCUT2D eigenvalue weighted by Gasteiger charge is 2.37. The summed E-state index contributed by atoms with van der Waals surface area (Å²) in [4.78, 5) is 24.2. The predicted octanol–water partition coefficient (Wildman–Crippen LogP) is 3.24. The van der Waals surface area contributed by atoms with Crippen LogP contribution < -0.4 is 0 Å². The zero-order valence-corrected chi connectivity index (χ0v) is 13.9. The molecular formula is C13H11Cl2NO3S2. The van der Waals surface area contributed by atoms with Crippen LogP contribution in [0.25, 0.3) is 0 Å². The summed E-state index contributed by atoms with van der Waals surface area (Å²) < 4.78 is 0.398. The van der Waals surface area contributed by atoms with Gasteiger partial charge in [-0.1, -0.05) is 53.2 Å². The maximum atomic E-state index is 12.3. The second-order valence-electron chi connectivity index (χ2n) is 4.41. The van der Waals surface area contributed by atoms with Crippen LogP contribution in [0.3, 0.4) is 0 Å². The molecule has 0 bridgehead atoms. The number of carbonyl (C=O) groups is 2. The summed E-state index contributed by atoms with van der Waals surface area (Å²) in [6.45, 7) is 0.0900. The lowest BCUT2D eigenvalue weighted by atomic mass is 10.1. The summed E-state index contributed by atoms with van der Waals surface area (Å²) in [6, 6.07) is 5.17. The van der Waals surface area contributed by atoms with Crippen molar-refractivity contribution in [3.63, 3.8) is 0 Å². The molecule has 0 spiro atoms. The number of amides is 1. The van der Waals surface area contributed by atoms with Crippen LogP contribution in [0.4, 0.5) is 0 Å². The maximum Gasteiger partial charge on any atom is 0.305 e. The van der Waals surface area contributed by atoms with E-state index in [9.17, 15) is 9.59 Å². The number of rotatable bonds is 5. The number of aliphatic carboxylic acids is 1. The number of hydrogen-bond acceptors (Lipinski definition) is 4. The molecule has 1 aromatic carbocycles. The van der Waals surface area contributed by atoms with E-state index in [1.807, 2.05) is 0 Å². The molecule has 0 aliphatic carbocycles. The summed E-state index contributed by atoms with van der Waals surface area (Å²) in [5.74, 6) is -1.16. The van der Waals surface area contributed by atoms with E-state index in [-0.39, 0.29) is 18.9 Å². The molecule has 1 aliphatic rings. The monoisotopic (exact) mass is 363 g/mol. The normalized spacial score (nSPS) is 18.4.